The van der Waals surface area contributed by atoms with Gasteiger partial charge in [-0.1, -0.05) is 41.4 Å². The van der Waals surface area contributed by atoms with Crippen LogP contribution in [0.25, 0.3) is 0 Å². The van der Waals surface area contributed by atoms with E-state index in [1.165, 1.54) is 16.7 Å². The first kappa shape index (κ1) is 26.5. The van der Waals surface area contributed by atoms with E-state index in [0.717, 1.165) is 42.5 Å². The third kappa shape index (κ3) is 5.75. The Morgan fingerprint density at radius 3 is 2.55 bits per heavy atom. The normalized spacial score (nSPS) is 19.2. The first-order chi connectivity index (χ1) is 15.3. The Morgan fingerprint density at radius 2 is 1.91 bits per heavy atom. The van der Waals surface area contributed by atoms with E-state index in [1.54, 1.807) is 12.1 Å². The maximum Gasteiger partial charge on any atom is 0.150 e. The molecule has 1 fully saturated rings. The number of fused-ring (bicyclic) bond motifs is 1. The van der Waals surface area contributed by atoms with Gasteiger partial charge in [0.1, 0.15) is 21.4 Å². The van der Waals surface area contributed by atoms with E-state index in [9.17, 15) is 12.8 Å². The summed E-state index contributed by atoms with van der Waals surface area (Å²) in [7, 11) is -2.99. The first-order valence-electron chi connectivity index (χ1n) is 11.5. The third-order valence-corrected chi connectivity index (χ3v) is 9.49. The second-order valence-corrected chi connectivity index (χ2v) is 12.1. The van der Waals surface area contributed by atoms with Gasteiger partial charge in [0.25, 0.3) is 0 Å². The molecule has 4 nitrogen and oxygen atoms in total. The van der Waals surface area contributed by atoms with Gasteiger partial charge in [-0.25, -0.2) is 12.8 Å². The van der Waals surface area contributed by atoms with Crippen LogP contribution in [0.15, 0.2) is 40.9 Å². The fraction of sp³-hybridized carbons (Fsp3) is 0.520. The van der Waals surface area contributed by atoms with Crippen molar-refractivity contribution in [2.45, 2.75) is 56.9 Å². The maximum absolute atomic E-state index is 13.6. The molecular weight excluding hydrogens is 529 g/mol. The van der Waals surface area contributed by atoms with E-state index in [2.05, 4.69) is 27.3 Å². The lowest BCUT2D eigenvalue weighted by Crippen LogP contribution is -2.49. The summed E-state index contributed by atoms with van der Waals surface area (Å²) in [5, 5.41) is 3.74. The zero-order valence-electron chi connectivity index (χ0n) is 18.9. The molecule has 0 spiro atoms. The van der Waals surface area contributed by atoms with Gasteiger partial charge in [-0.05, 0) is 79.6 Å². The Morgan fingerprint density at radius 1 is 1.18 bits per heavy atom. The Kier molecular flexibility index (Phi) is 8.87. The predicted octanol–water partition coefficient (Wildman–Crippen LogP) is 5.91. The van der Waals surface area contributed by atoms with Crippen LogP contribution in [0.1, 0.15) is 61.8 Å². The van der Waals surface area contributed by atoms with Crippen LogP contribution in [-0.2, 0) is 21.7 Å². The largest absolute Gasteiger partial charge is 0.494 e. The van der Waals surface area contributed by atoms with E-state index in [0.29, 0.717) is 19.4 Å². The molecule has 1 saturated carbocycles. The minimum Gasteiger partial charge on any atom is -0.494 e. The topological polar surface area (TPSA) is 55.4 Å². The molecular formula is C25H32BrClFNO3S. The number of hydrogen-bond acceptors (Lipinski definition) is 4. The van der Waals surface area contributed by atoms with Crippen LogP contribution in [0.2, 0.25) is 0 Å². The molecule has 0 amide bonds. The number of nitrogens with one attached hydrogen (secondary N) is 1. The summed E-state index contributed by atoms with van der Waals surface area (Å²) in [5.41, 5.74) is 3.65. The molecule has 2 aromatic carbocycles. The summed E-state index contributed by atoms with van der Waals surface area (Å²) in [6.07, 6.45) is 5.35. The van der Waals surface area contributed by atoms with Crippen molar-refractivity contribution in [1.29, 1.82) is 0 Å². The van der Waals surface area contributed by atoms with E-state index in [-0.39, 0.29) is 41.2 Å². The van der Waals surface area contributed by atoms with Crippen LogP contribution in [0, 0.1) is 5.82 Å². The number of sulfone groups is 1. The van der Waals surface area contributed by atoms with E-state index >= 15 is 0 Å². The molecule has 2 aromatic rings. The Hall–Kier alpha value is -1.15. The van der Waals surface area contributed by atoms with Gasteiger partial charge in [0.15, 0.2) is 0 Å². The van der Waals surface area contributed by atoms with Gasteiger partial charge in [0.2, 0.25) is 0 Å². The second-order valence-electron chi connectivity index (χ2n) is 8.98. The molecule has 0 aromatic heterocycles. The lowest BCUT2D eigenvalue weighted by Gasteiger charge is -2.50. The molecule has 4 rings (SSSR count). The Bertz CT molecular complexity index is 1060. The van der Waals surface area contributed by atoms with Crippen LogP contribution < -0.4 is 10.1 Å². The monoisotopic (exact) mass is 559 g/mol. The van der Waals surface area contributed by atoms with Gasteiger partial charge in [-0.2, -0.15) is 0 Å². The lowest BCUT2D eigenvalue weighted by atomic mass is 9.58. The van der Waals surface area contributed by atoms with Crippen molar-refractivity contribution in [2.24, 2.45) is 0 Å². The maximum atomic E-state index is 13.6. The van der Waals surface area contributed by atoms with Crippen LogP contribution in [0.4, 0.5) is 4.39 Å². The number of hydrogen-bond donors (Lipinski definition) is 1. The average Bonchev–Trinajstić information content (AvgIpc) is 2.72. The quantitative estimate of drug-likeness (QED) is 0.387. The highest BCUT2D eigenvalue weighted by Gasteiger charge is 2.47. The van der Waals surface area contributed by atoms with Crippen LogP contribution in [-0.4, -0.2) is 33.1 Å². The van der Waals surface area contributed by atoms with Crippen molar-refractivity contribution in [1.82, 2.24) is 5.32 Å². The van der Waals surface area contributed by atoms with Crippen molar-refractivity contribution in [3.05, 3.63) is 63.4 Å². The van der Waals surface area contributed by atoms with Crippen molar-refractivity contribution < 1.29 is 17.5 Å². The van der Waals surface area contributed by atoms with Crippen molar-refractivity contribution in [3.63, 3.8) is 0 Å². The zero-order chi connectivity index (χ0) is 22.8. The predicted molar refractivity (Wildman–Crippen MR) is 137 cm³/mol. The van der Waals surface area contributed by atoms with Crippen molar-refractivity contribution in [3.8, 4) is 5.75 Å². The summed E-state index contributed by atoms with van der Waals surface area (Å²) in [6.45, 7) is 3.15. The minimum absolute atomic E-state index is 0. The van der Waals surface area contributed by atoms with Gasteiger partial charge in [0.05, 0.1) is 12.4 Å². The summed E-state index contributed by atoms with van der Waals surface area (Å²) in [5.74, 6) is 0.937. The fourth-order valence-electron chi connectivity index (χ4n) is 5.15. The summed E-state index contributed by atoms with van der Waals surface area (Å²) in [6, 6.07) is 11.2. The zero-order valence-corrected chi connectivity index (χ0v) is 22.1. The number of rotatable bonds is 9. The van der Waals surface area contributed by atoms with Gasteiger partial charge >= 0.3 is 0 Å². The molecule has 1 aliphatic carbocycles. The number of ether oxygens (including phenoxy) is 1. The van der Waals surface area contributed by atoms with Crippen molar-refractivity contribution in [2.75, 3.05) is 24.7 Å². The van der Waals surface area contributed by atoms with Gasteiger partial charge in [-0.15, -0.1) is 12.4 Å². The molecule has 0 saturated heterocycles. The third-order valence-electron chi connectivity index (χ3n) is 6.84. The van der Waals surface area contributed by atoms with Crippen molar-refractivity contribution >= 4 is 38.2 Å². The molecule has 1 aliphatic heterocycles. The van der Waals surface area contributed by atoms with E-state index in [4.69, 9.17) is 4.74 Å². The molecule has 1 atom stereocenters. The van der Waals surface area contributed by atoms with Crippen LogP contribution in [0.3, 0.4) is 0 Å². The number of benzene rings is 2. The highest BCUT2D eigenvalue weighted by atomic mass is 79.9. The molecule has 0 bridgehead atoms. The summed E-state index contributed by atoms with van der Waals surface area (Å²) >= 11 is 3.74. The van der Waals surface area contributed by atoms with Crippen LogP contribution >= 0.6 is 28.3 Å². The standard InChI is InChI=1S/C25H31BrFNO3S.ClH/c1-2-14-32(29,30)15-4-13-31-20-16-22-21(23(26)17-20)9-12-28-24(22)25(10-3-11-25)18-5-7-19(27)8-6-18;/h5-8,16-17,24,28H,2-4,9-15H2,1H3;1H. The summed E-state index contributed by atoms with van der Waals surface area (Å²) in [4.78, 5) is 0. The number of halogens is 3. The van der Waals surface area contributed by atoms with Gasteiger partial charge in [-0.3, -0.25) is 0 Å². The highest BCUT2D eigenvalue weighted by molar-refractivity contribution is 9.10. The molecule has 8 heteroatoms. The molecule has 1 unspecified atom stereocenters. The molecule has 182 valence electrons. The summed E-state index contributed by atoms with van der Waals surface area (Å²) < 4.78 is 44.5. The van der Waals surface area contributed by atoms with E-state index < -0.39 is 9.84 Å². The molecule has 33 heavy (non-hydrogen) atoms. The smallest absolute Gasteiger partial charge is 0.150 e. The Labute approximate surface area is 211 Å². The Balaban J connectivity index is 0.00000306. The van der Waals surface area contributed by atoms with Gasteiger partial charge in [0, 0.05) is 21.7 Å². The minimum atomic E-state index is -2.99. The SMILES string of the molecule is CCCS(=O)(=O)CCCOc1cc(Br)c2c(c1)C(C1(c3ccc(F)cc3)CCC1)NCC2.Cl. The molecule has 2 aliphatic rings. The lowest BCUT2D eigenvalue weighted by molar-refractivity contribution is 0.164. The second kappa shape index (κ2) is 11.1. The average molecular weight is 561 g/mol. The molecule has 0 radical (unpaired) electrons. The van der Waals surface area contributed by atoms with E-state index in [1.807, 2.05) is 25.1 Å². The van der Waals surface area contributed by atoms with Gasteiger partial charge < -0.3 is 10.1 Å². The first-order valence-corrected chi connectivity index (χ1v) is 14.1. The van der Waals surface area contributed by atoms with Crippen LogP contribution in [0.5, 0.6) is 5.75 Å². The highest BCUT2D eigenvalue weighted by Crippen LogP contribution is 2.54. The fourth-order valence-corrected chi connectivity index (χ4v) is 7.18. The molecule has 1 N–H and O–H groups in total. The molecule has 1 heterocycles.